The van der Waals surface area contributed by atoms with Gasteiger partial charge in [-0.1, -0.05) is 28.1 Å². The molecule has 0 spiro atoms. The zero-order valence-corrected chi connectivity index (χ0v) is 13.7. The molecule has 112 valence electrons. The summed E-state index contributed by atoms with van der Waals surface area (Å²) in [4.78, 5) is 12.3. The molecule has 0 fully saturated rings. The molecule has 2 aromatic rings. The maximum Gasteiger partial charge on any atom is 0.256 e. The molecule has 0 aromatic heterocycles. The third-order valence-corrected chi connectivity index (χ3v) is 4.57. The van der Waals surface area contributed by atoms with Gasteiger partial charge in [0.1, 0.15) is 0 Å². The number of ether oxygens (including phenoxy) is 1. The Morgan fingerprint density at radius 1 is 1.27 bits per heavy atom. The lowest BCUT2D eigenvalue weighted by Gasteiger charge is -2.08. The Morgan fingerprint density at radius 2 is 2.05 bits per heavy atom. The number of rotatable bonds is 2. The van der Waals surface area contributed by atoms with Gasteiger partial charge in [-0.3, -0.25) is 4.79 Å². The van der Waals surface area contributed by atoms with Crippen molar-refractivity contribution in [3.63, 3.8) is 0 Å². The Kier molecular flexibility index (Phi) is 3.66. The summed E-state index contributed by atoms with van der Waals surface area (Å²) in [5.41, 5.74) is 3.67. The molecule has 0 saturated carbocycles. The van der Waals surface area contributed by atoms with Crippen LogP contribution in [-0.2, 0) is 4.79 Å². The second-order valence-electron chi connectivity index (χ2n) is 5.01. The number of nitrogens with one attached hydrogen (secondary N) is 1. The second kappa shape index (κ2) is 5.50. The molecule has 0 saturated heterocycles. The number of hydrogen-bond acceptors (Lipinski definition) is 3. The van der Waals surface area contributed by atoms with Crippen LogP contribution in [0.4, 0.5) is 5.69 Å². The first kappa shape index (κ1) is 14.7. The predicted octanol–water partition coefficient (Wildman–Crippen LogP) is 3.96. The van der Waals surface area contributed by atoms with Crippen molar-refractivity contribution in [1.82, 2.24) is 0 Å². The van der Waals surface area contributed by atoms with Crippen molar-refractivity contribution in [2.45, 2.75) is 6.92 Å². The van der Waals surface area contributed by atoms with Gasteiger partial charge in [0, 0.05) is 21.3 Å². The van der Waals surface area contributed by atoms with E-state index in [0.717, 1.165) is 21.3 Å². The van der Waals surface area contributed by atoms with Crippen molar-refractivity contribution < 1.29 is 14.6 Å². The molecule has 1 heterocycles. The van der Waals surface area contributed by atoms with Crippen molar-refractivity contribution in [3.8, 4) is 11.5 Å². The smallest absolute Gasteiger partial charge is 0.256 e. The van der Waals surface area contributed by atoms with Crippen LogP contribution < -0.4 is 10.1 Å². The molecule has 2 N–H and O–H groups in total. The number of amides is 1. The lowest BCUT2D eigenvalue weighted by atomic mass is 9.99. The lowest BCUT2D eigenvalue weighted by Crippen LogP contribution is -2.03. The monoisotopic (exact) mass is 359 g/mol. The third-order valence-electron chi connectivity index (χ3n) is 3.71. The number of para-hydroxylation sites is 1. The van der Waals surface area contributed by atoms with Gasteiger partial charge in [-0.15, -0.1) is 0 Å². The Bertz CT molecular complexity index is 812. The van der Waals surface area contributed by atoms with Gasteiger partial charge in [0.25, 0.3) is 5.91 Å². The number of benzene rings is 2. The molecule has 2 aromatic carbocycles. The number of carbonyl (C=O) groups excluding carboxylic acids is 1. The van der Waals surface area contributed by atoms with Gasteiger partial charge < -0.3 is 15.2 Å². The summed E-state index contributed by atoms with van der Waals surface area (Å²) in [6.45, 7) is 1.95. The second-order valence-corrected chi connectivity index (χ2v) is 5.86. The molecule has 1 amide bonds. The maximum atomic E-state index is 12.3. The number of phenols is 1. The Hall–Kier alpha value is -2.27. The van der Waals surface area contributed by atoms with E-state index in [-0.39, 0.29) is 11.7 Å². The molecular weight excluding hydrogens is 346 g/mol. The topological polar surface area (TPSA) is 58.6 Å². The lowest BCUT2D eigenvalue weighted by molar-refractivity contribution is -0.110. The van der Waals surface area contributed by atoms with Crippen LogP contribution >= 0.6 is 15.9 Å². The number of phenolic OH excluding ortho intramolecular Hbond substituents is 1. The van der Waals surface area contributed by atoms with Crippen LogP contribution in [0.15, 0.2) is 34.8 Å². The largest absolute Gasteiger partial charge is 0.504 e. The first-order chi connectivity index (χ1) is 10.5. The highest BCUT2D eigenvalue weighted by atomic mass is 79.9. The van der Waals surface area contributed by atoms with Gasteiger partial charge in [0.2, 0.25) is 0 Å². The van der Waals surface area contributed by atoms with Gasteiger partial charge >= 0.3 is 0 Å². The Balaban J connectivity index is 2.19. The van der Waals surface area contributed by atoms with Gasteiger partial charge in [-0.25, -0.2) is 0 Å². The van der Waals surface area contributed by atoms with E-state index in [1.54, 1.807) is 24.3 Å². The van der Waals surface area contributed by atoms with E-state index in [2.05, 4.69) is 21.2 Å². The zero-order chi connectivity index (χ0) is 15.9. The molecule has 0 radical (unpaired) electrons. The van der Waals surface area contributed by atoms with Gasteiger partial charge in [0.15, 0.2) is 11.5 Å². The average molecular weight is 360 g/mol. The number of methoxy groups -OCH3 is 1. The molecule has 22 heavy (non-hydrogen) atoms. The molecule has 0 atom stereocenters. The molecular formula is C17H14BrNO3. The van der Waals surface area contributed by atoms with E-state index < -0.39 is 0 Å². The zero-order valence-electron chi connectivity index (χ0n) is 12.1. The summed E-state index contributed by atoms with van der Waals surface area (Å²) in [5, 5.41) is 13.0. The number of halogens is 1. The van der Waals surface area contributed by atoms with E-state index in [1.807, 2.05) is 19.1 Å². The summed E-state index contributed by atoms with van der Waals surface area (Å²) in [7, 11) is 1.49. The van der Waals surface area contributed by atoms with Crippen molar-refractivity contribution in [2.24, 2.45) is 0 Å². The van der Waals surface area contributed by atoms with E-state index in [4.69, 9.17) is 4.74 Å². The standard InChI is InChI=1S/C17H14BrNO3/c1-9-12(18)6-7-13-15(9)11(17(21)19-13)8-10-4-3-5-14(22-2)16(10)20/h3-8,20H,1-2H3,(H,19,21). The summed E-state index contributed by atoms with van der Waals surface area (Å²) in [5.74, 6) is 0.212. The molecule has 5 heteroatoms. The Morgan fingerprint density at radius 3 is 2.77 bits per heavy atom. The number of carbonyl (C=O) groups is 1. The minimum Gasteiger partial charge on any atom is -0.504 e. The summed E-state index contributed by atoms with van der Waals surface area (Å²) < 4.78 is 6.04. The fourth-order valence-electron chi connectivity index (χ4n) is 2.55. The summed E-state index contributed by atoms with van der Waals surface area (Å²) in [6, 6.07) is 8.94. The molecule has 0 unspecified atom stereocenters. The fraction of sp³-hybridized carbons (Fsp3) is 0.118. The highest BCUT2D eigenvalue weighted by molar-refractivity contribution is 9.10. The first-order valence-corrected chi connectivity index (χ1v) is 7.50. The van der Waals surface area contributed by atoms with Crippen molar-refractivity contribution in [2.75, 3.05) is 12.4 Å². The molecule has 4 nitrogen and oxygen atoms in total. The molecule has 0 bridgehead atoms. The van der Waals surface area contributed by atoms with Crippen LogP contribution in [0.1, 0.15) is 16.7 Å². The van der Waals surface area contributed by atoms with Crippen molar-refractivity contribution in [3.05, 3.63) is 51.5 Å². The molecule has 3 rings (SSSR count). The average Bonchev–Trinajstić information content (AvgIpc) is 2.82. The number of anilines is 1. The molecule has 0 aliphatic carbocycles. The summed E-state index contributed by atoms with van der Waals surface area (Å²) >= 11 is 3.48. The predicted molar refractivity (Wildman–Crippen MR) is 90.0 cm³/mol. The van der Waals surface area contributed by atoms with Crippen LogP contribution in [0.5, 0.6) is 11.5 Å². The SMILES string of the molecule is COc1cccc(C=C2C(=O)Nc3ccc(Br)c(C)c32)c1O. The maximum absolute atomic E-state index is 12.3. The van der Waals surface area contributed by atoms with E-state index >= 15 is 0 Å². The first-order valence-electron chi connectivity index (χ1n) is 6.71. The van der Waals surface area contributed by atoms with E-state index in [1.165, 1.54) is 7.11 Å². The molecule has 1 aliphatic heterocycles. The quantitative estimate of drug-likeness (QED) is 0.797. The third kappa shape index (κ3) is 2.27. The number of fused-ring (bicyclic) bond motifs is 1. The van der Waals surface area contributed by atoms with E-state index in [0.29, 0.717) is 16.9 Å². The minimum atomic E-state index is -0.182. The highest BCUT2D eigenvalue weighted by Crippen LogP contribution is 2.40. The van der Waals surface area contributed by atoms with E-state index in [9.17, 15) is 9.90 Å². The van der Waals surface area contributed by atoms with Crippen LogP contribution in [0.3, 0.4) is 0 Å². The Labute approximate surface area is 136 Å². The van der Waals surface area contributed by atoms with Crippen LogP contribution in [0.2, 0.25) is 0 Å². The molecule has 1 aliphatic rings. The van der Waals surface area contributed by atoms with Crippen LogP contribution in [0.25, 0.3) is 11.6 Å². The van der Waals surface area contributed by atoms with Crippen molar-refractivity contribution in [1.29, 1.82) is 0 Å². The minimum absolute atomic E-state index is 0.0198. The number of aromatic hydroxyl groups is 1. The normalized spacial score (nSPS) is 14.9. The van der Waals surface area contributed by atoms with Gasteiger partial charge in [-0.05, 0) is 36.8 Å². The number of hydrogen-bond donors (Lipinski definition) is 2. The van der Waals surface area contributed by atoms with Gasteiger partial charge in [0.05, 0.1) is 12.7 Å². The summed E-state index contributed by atoms with van der Waals surface area (Å²) in [6.07, 6.45) is 1.68. The van der Waals surface area contributed by atoms with Crippen LogP contribution in [0, 0.1) is 6.92 Å². The van der Waals surface area contributed by atoms with Crippen molar-refractivity contribution >= 4 is 39.2 Å². The van der Waals surface area contributed by atoms with Gasteiger partial charge in [-0.2, -0.15) is 0 Å². The fourth-order valence-corrected chi connectivity index (χ4v) is 2.88. The highest BCUT2D eigenvalue weighted by Gasteiger charge is 2.27. The van der Waals surface area contributed by atoms with Crippen LogP contribution in [-0.4, -0.2) is 18.1 Å².